The minimum absolute atomic E-state index is 0.00506. The zero-order valence-electron chi connectivity index (χ0n) is 14.8. The van der Waals surface area contributed by atoms with E-state index in [1.807, 2.05) is 16.8 Å². The SMILES string of the molecule is CC(C)CC1CC(CN2C(=O)CC[C@@H]2CC(C)C)C(=O)N1C. The zero-order valence-corrected chi connectivity index (χ0v) is 14.8. The molecule has 0 aromatic carbocycles. The molecule has 4 heteroatoms. The van der Waals surface area contributed by atoms with Gasteiger partial charge in [0.2, 0.25) is 11.8 Å². The van der Waals surface area contributed by atoms with Crippen molar-refractivity contribution in [3.8, 4) is 0 Å². The van der Waals surface area contributed by atoms with Crippen molar-refractivity contribution in [3.05, 3.63) is 0 Å². The Morgan fingerprint density at radius 1 is 1.05 bits per heavy atom. The number of hydrogen-bond acceptors (Lipinski definition) is 2. The van der Waals surface area contributed by atoms with Gasteiger partial charge in [0.15, 0.2) is 0 Å². The molecule has 126 valence electrons. The Labute approximate surface area is 135 Å². The number of carbonyl (C=O) groups excluding carboxylic acids is 2. The van der Waals surface area contributed by atoms with Crippen molar-refractivity contribution in [3.63, 3.8) is 0 Å². The molecule has 3 atom stereocenters. The molecule has 2 rings (SSSR count). The maximum absolute atomic E-state index is 12.5. The van der Waals surface area contributed by atoms with Crippen molar-refractivity contribution in [2.45, 2.75) is 71.9 Å². The summed E-state index contributed by atoms with van der Waals surface area (Å²) in [4.78, 5) is 28.6. The molecule has 22 heavy (non-hydrogen) atoms. The molecular formula is C18H32N2O2. The molecule has 4 nitrogen and oxygen atoms in total. The first-order valence-corrected chi connectivity index (χ1v) is 8.85. The van der Waals surface area contributed by atoms with Crippen LogP contribution in [0.4, 0.5) is 0 Å². The Morgan fingerprint density at radius 3 is 2.23 bits per heavy atom. The lowest BCUT2D eigenvalue weighted by Crippen LogP contribution is -2.40. The third-order valence-corrected chi connectivity index (χ3v) is 5.16. The standard InChI is InChI=1S/C18H32N2O2/c1-12(2)8-15-6-7-17(21)20(15)11-14-10-16(9-13(3)4)19(5)18(14)22/h12-16H,6-11H2,1-5H3/t14?,15-,16?/m1/s1. The maximum atomic E-state index is 12.5. The number of carbonyl (C=O) groups is 2. The van der Waals surface area contributed by atoms with Crippen molar-refractivity contribution < 1.29 is 9.59 Å². The molecule has 0 aliphatic carbocycles. The molecule has 0 spiro atoms. The third kappa shape index (κ3) is 3.82. The van der Waals surface area contributed by atoms with Crippen LogP contribution in [0.5, 0.6) is 0 Å². The molecule has 0 saturated carbocycles. The summed E-state index contributed by atoms with van der Waals surface area (Å²) in [5.74, 6) is 1.67. The lowest BCUT2D eigenvalue weighted by atomic mass is 9.97. The van der Waals surface area contributed by atoms with Crippen molar-refractivity contribution in [2.24, 2.45) is 17.8 Å². The van der Waals surface area contributed by atoms with E-state index in [1.54, 1.807) is 0 Å². The average Bonchev–Trinajstić information content (AvgIpc) is 2.87. The summed E-state index contributed by atoms with van der Waals surface area (Å²) in [6.07, 6.45) is 4.64. The molecule has 2 heterocycles. The number of likely N-dealkylation sites (tertiary alicyclic amines) is 2. The Hall–Kier alpha value is -1.06. The van der Waals surface area contributed by atoms with Crippen LogP contribution in [0.25, 0.3) is 0 Å². The Morgan fingerprint density at radius 2 is 1.64 bits per heavy atom. The fourth-order valence-corrected chi connectivity index (χ4v) is 4.08. The number of amides is 2. The van der Waals surface area contributed by atoms with Gasteiger partial charge in [-0.05, 0) is 37.5 Å². The van der Waals surface area contributed by atoms with Gasteiger partial charge >= 0.3 is 0 Å². The molecule has 0 aromatic rings. The molecule has 0 bridgehead atoms. The minimum atomic E-state index is 0.00506. The van der Waals surface area contributed by atoms with E-state index in [4.69, 9.17) is 0 Å². The van der Waals surface area contributed by atoms with Crippen LogP contribution in [0.2, 0.25) is 0 Å². The summed E-state index contributed by atoms with van der Waals surface area (Å²) in [6, 6.07) is 0.688. The van der Waals surface area contributed by atoms with Crippen LogP contribution in [-0.4, -0.2) is 47.3 Å². The topological polar surface area (TPSA) is 40.6 Å². The lowest BCUT2D eigenvalue weighted by Gasteiger charge is -2.28. The van der Waals surface area contributed by atoms with Gasteiger partial charge in [-0.15, -0.1) is 0 Å². The lowest BCUT2D eigenvalue weighted by molar-refractivity contribution is -0.134. The second-order valence-corrected chi connectivity index (χ2v) is 8.03. The second kappa shape index (κ2) is 7.01. The predicted octanol–water partition coefficient (Wildman–Crippen LogP) is 2.92. The molecule has 2 amide bonds. The molecule has 0 radical (unpaired) electrons. The first kappa shape index (κ1) is 17.3. The monoisotopic (exact) mass is 308 g/mol. The fourth-order valence-electron chi connectivity index (χ4n) is 4.08. The van der Waals surface area contributed by atoms with Crippen LogP contribution in [0, 0.1) is 17.8 Å². The molecule has 0 aromatic heterocycles. The Bertz CT molecular complexity index is 419. The summed E-state index contributed by atoms with van der Waals surface area (Å²) in [7, 11) is 1.92. The highest BCUT2D eigenvalue weighted by atomic mass is 16.2. The number of hydrogen-bond donors (Lipinski definition) is 0. The van der Waals surface area contributed by atoms with Gasteiger partial charge < -0.3 is 9.80 Å². The highest BCUT2D eigenvalue weighted by Crippen LogP contribution is 2.32. The van der Waals surface area contributed by atoms with E-state index in [-0.39, 0.29) is 17.7 Å². The maximum Gasteiger partial charge on any atom is 0.227 e. The van der Waals surface area contributed by atoms with Crippen LogP contribution in [-0.2, 0) is 9.59 Å². The van der Waals surface area contributed by atoms with E-state index < -0.39 is 0 Å². The van der Waals surface area contributed by atoms with Crippen LogP contribution >= 0.6 is 0 Å². The van der Waals surface area contributed by atoms with E-state index in [0.717, 1.165) is 25.7 Å². The molecule has 0 N–H and O–H groups in total. The molecule has 2 saturated heterocycles. The van der Waals surface area contributed by atoms with Gasteiger partial charge in [-0.3, -0.25) is 9.59 Å². The van der Waals surface area contributed by atoms with E-state index in [1.165, 1.54) is 0 Å². The van der Waals surface area contributed by atoms with Gasteiger partial charge in [0, 0.05) is 32.1 Å². The summed E-state index contributed by atoms with van der Waals surface area (Å²) < 4.78 is 0. The number of rotatable bonds is 6. The van der Waals surface area contributed by atoms with E-state index in [9.17, 15) is 9.59 Å². The van der Waals surface area contributed by atoms with E-state index in [2.05, 4.69) is 27.7 Å². The van der Waals surface area contributed by atoms with Crippen molar-refractivity contribution in [1.29, 1.82) is 0 Å². The van der Waals surface area contributed by atoms with Crippen molar-refractivity contribution in [1.82, 2.24) is 9.80 Å². The normalized spacial score (nSPS) is 29.5. The Kier molecular flexibility index (Phi) is 5.51. The van der Waals surface area contributed by atoms with Crippen LogP contribution in [0.15, 0.2) is 0 Å². The zero-order chi connectivity index (χ0) is 16.4. The van der Waals surface area contributed by atoms with Crippen LogP contribution in [0.1, 0.15) is 59.8 Å². The van der Waals surface area contributed by atoms with Gasteiger partial charge in [0.05, 0.1) is 5.92 Å². The average molecular weight is 308 g/mol. The van der Waals surface area contributed by atoms with Gasteiger partial charge in [0.1, 0.15) is 0 Å². The van der Waals surface area contributed by atoms with E-state index in [0.29, 0.717) is 36.9 Å². The van der Waals surface area contributed by atoms with E-state index >= 15 is 0 Å². The first-order chi connectivity index (χ1) is 10.3. The smallest absolute Gasteiger partial charge is 0.227 e. The quantitative estimate of drug-likeness (QED) is 0.757. The van der Waals surface area contributed by atoms with Gasteiger partial charge in [-0.2, -0.15) is 0 Å². The molecule has 2 fully saturated rings. The van der Waals surface area contributed by atoms with Gasteiger partial charge in [0.25, 0.3) is 0 Å². The van der Waals surface area contributed by atoms with Crippen LogP contribution in [0.3, 0.4) is 0 Å². The van der Waals surface area contributed by atoms with Crippen LogP contribution < -0.4 is 0 Å². The summed E-state index contributed by atoms with van der Waals surface area (Å²) in [6.45, 7) is 9.44. The van der Waals surface area contributed by atoms with Crippen molar-refractivity contribution in [2.75, 3.05) is 13.6 Å². The predicted molar refractivity (Wildman–Crippen MR) is 88.3 cm³/mol. The molecule has 2 aliphatic rings. The highest BCUT2D eigenvalue weighted by Gasteiger charge is 2.41. The highest BCUT2D eigenvalue weighted by molar-refractivity contribution is 5.83. The summed E-state index contributed by atoms with van der Waals surface area (Å²) in [5.41, 5.74) is 0. The largest absolute Gasteiger partial charge is 0.342 e. The third-order valence-electron chi connectivity index (χ3n) is 5.16. The Balaban J connectivity index is 1.99. The first-order valence-electron chi connectivity index (χ1n) is 8.85. The summed E-state index contributed by atoms with van der Waals surface area (Å²) >= 11 is 0. The van der Waals surface area contributed by atoms with Gasteiger partial charge in [-0.1, -0.05) is 27.7 Å². The minimum Gasteiger partial charge on any atom is -0.342 e. The second-order valence-electron chi connectivity index (χ2n) is 8.03. The van der Waals surface area contributed by atoms with Crippen molar-refractivity contribution >= 4 is 11.8 Å². The molecular weight excluding hydrogens is 276 g/mol. The molecule has 2 aliphatic heterocycles. The summed E-state index contributed by atoms with van der Waals surface area (Å²) in [5, 5.41) is 0. The molecule has 2 unspecified atom stereocenters. The number of nitrogens with zero attached hydrogens (tertiary/aromatic N) is 2. The van der Waals surface area contributed by atoms with Gasteiger partial charge in [-0.25, -0.2) is 0 Å². The fraction of sp³-hybridized carbons (Fsp3) is 0.889.